The van der Waals surface area contributed by atoms with Crippen molar-refractivity contribution >= 4 is 29.7 Å². The van der Waals surface area contributed by atoms with Crippen LogP contribution in [-0.4, -0.2) is 48.0 Å². The third-order valence-corrected chi connectivity index (χ3v) is 5.70. The van der Waals surface area contributed by atoms with Crippen LogP contribution in [0.5, 0.6) is 0 Å². The maximum atomic E-state index is 12.3. The van der Waals surface area contributed by atoms with Gasteiger partial charge in [-0.15, -0.1) is 23.7 Å². The average molecular weight is 361 g/mol. The molecule has 2 saturated heterocycles. The number of rotatable bonds is 3. The van der Waals surface area contributed by atoms with E-state index in [2.05, 4.69) is 10.6 Å². The number of hydrogen-bond acceptors (Lipinski definition) is 5. The van der Waals surface area contributed by atoms with E-state index in [1.54, 1.807) is 11.3 Å². The summed E-state index contributed by atoms with van der Waals surface area (Å²) in [6.07, 6.45) is 2.22. The van der Waals surface area contributed by atoms with Gasteiger partial charge in [0.15, 0.2) is 0 Å². The maximum Gasteiger partial charge on any atom is 0.225 e. The van der Waals surface area contributed by atoms with Crippen LogP contribution in [0.2, 0.25) is 0 Å². The molecule has 7 heteroatoms. The molecular weight excluding hydrogens is 336 g/mol. The zero-order valence-corrected chi connectivity index (χ0v) is 15.0. The van der Waals surface area contributed by atoms with Gasteiger partial charge in [-0.3, -0.25) is 4.79 Å². The van der Waals surface area contributed by atoms with Crippen molar-refractivity contribution in [1.29, 1.82) is 0 Å². The normalized spacial score (nSPS) is 29.7. The number of carbonyl (C=O) groups excluding carboxylic acids is 1. The van der Waals surface area contributed by atoms with Crippen LogP contribution < -0.4 is 10.6 Å². The summed E-state index contributed by atoms with van der Waals surface area (Å²) in [5, 5.41) is 18.7. The van der Waals surface area contributed by atoms with E-state index in [1.807, 2.05) is 24.4 Å². The van der Waals surface area contributed by atoms with Gasteiger partial charge >= 0.3 is 0 Å². The summed E-state index contributed by atoms with van der Waals surface area (Å²) >= 11 is 1.58. The number of thiophene rings is 1. The van der Waals surface area contributed by atoms with Crippen molar-refractivity contribution in [2.24, 2.45) is 0 Å². The summed E-state index contributed by atoms with van der Waals surface area (Å²) in [6, 6.07) is 3.91. The molecule has 0 aromatic carbocycles. The lowest BCUT2D eigenvalue weighted by molar-refractivity contribution is -0.174. The Balaban J connectivity index is 0.00000192. The van der Waals surface area contributed by atoms with Crippen molar-refractivity contribution in [1.82, 2.24) is 10.6 Å². The summed E-state index contributed by atoms with van der Waals surface area (Å²) in [5.41, 5.74) is -0.834. The minimum Gasteiger partial charge on any atom is -0.388 e. The van der Waals surface area contributed by atoms with Crippen molar-refractivity contribution in [3.8, 4) is 0 Å². The molecule has 3 heterocycles. The van der Waals surface area contributed by atoms with Crippen molar-refractivity contribution < 1.29 is 14.6 Å². The van der Waals surface area contributed by atoms with Gasteiger partial charge in [0.1, 0.15) is 6.10 Å². The lowest BCUT2D eigenvalue weighted by Crippen LogP contribution is -2.65. The van der Waals surface area contributed by atoms with Crippen LogP contribution in [0.4, 0.5) is 0 Å². The molecular formula is C16H25ClN2O3S. The third-order valence-electron chi connectivity index (χ3n) is 4.83. The molecule has 1 amide bonds. The van der Waals surface area contributed by atoms with Crippen LogP contribution in [0, 0.1) is 0 Å². The molecule has 0 radical (unpaired) electrons. The number of aliphatic hydroxyl groups excluding tert-OH is 1. The minimum absolute atomic E-state index is 0. The van der Waals surface area contributed by atoms with E-state index in [1.165, 1.54) is 0 Å². The highest BCUT2D eigenvalue weighted by Crippen LogP contribution is 2.38. The number of ether oxygens (including phenoxy) is 1. The number of hydrogen-bond donors (Lipinski definition) is 3. The average Bonchev–Trinajstić information content (AvgIpc) is 2.97. The quantitative estimate of drug-likeness (QED) is 0.763. The number of halogens is 1. The molecule has 0 aliphatic carbocycles. The Labute approximate surface area is 147 Å². The maximum absolute atomic E-state index is 12.3. The summed E-state index contributed by atoms with van der Waals surface area (Å²) in [5.74, 6) is -0.0324. The van der Waals surface area contributed by atoms with E-state index in [0.29, 0.717) is 12.8 Å². The summed E-state index contributed by atoms with van der Waals surface area (Å²) in [6.45, 7) is 4.08. The molecule has 5 nitrogen and oxygen atoms in total. The highest BCUT2D eigenvalue weighted by Gasteiger charge is 2.49. The SMILES string of the molecule is C[C@]1(NC(=O)Cc2cccs2)CC2(CCNCC2)OC[C@@H]1O.Cl. The van der Waals surface area contributed by atoms with E-state index in [0.717, 1.165) is 30.8 Å². The van der Waals surface area contributed by atoms with Crippen molar-refractivity contribution in [2.75, 3.05) is 19.7 Å². The van der Waals surface area contributed by atoms with E-state index >= 15 is 0 Å². The molecule has 2 atom stereocenters. The van der Waals surface area contributed by atoms with Crippen LogP contribution in [0.25, 0.3) is 0 Å². The highest BCUT2D eigenvalue weighted by molar-refractivity contribution is 7.10. The van der Waals surface area contributed by atoms with Crippen molar-refractivity contribution in [3.63, 3.8) is 0 Å². The predicted molar refractivity (Wildman–Crippen MR) is 93.2 cm³/mol. The number of nitrogens with one attached hydrogen (secondary N) is 2. The van der Waals surface area contributed by atoms with E-state index in [9.17, 15) is 9.90 Å². The summed E-state index contributed by atoms with van der Waals surface area (Å²) in [7, 11) is 0. The predicted octanol–water partition coefficient (Wildman–Crippen LogP) is 1.49. The largest absolute Gasteiger partial charge is 0.388 e. The first-order chi connectivity index (χ1) is 10.5. The first kappa shape index (κ1) is 18.7. The molecule has 2 fully saturated rings. The summed E-state index contributed by atoms with van der Waals surface area (Å²) in [4.78, 5) is 13.4. The van der Waals surface area contributed by atoms with Gasteiger partial charge < -0.3 is 20.5 Å². The molecule has 0 saturated carbocycles. The standard InChI is InChI=1S/C16H24N2O3S.ClH/c1-15(18-14(20)9-12-3-2-8-22-12)11-16(21-10-13(15)19)4-6-17-7-5-16;/h2-3,8,13,17,19H,4-7,9-11H2,1H3,(H,18,20);1H/t13-,15-;/m0./s1. The molecule has 23 heavy (non-hydrogen) atoms. The number of carbonyl (C=O) groups is 1. The third kappa shape index (κ3) is 4.25. The van der Waals surface area contributed by atoms with Crippen LogP contribution in [0.3, 0.4) is 0 Å². The number of aliphatic hydroxyl groups is 1. The van der Waals surface area contributed by atoms with Gasteiger partial charge in [0.25, 0.3) is 0 Å². The number of amides is 1. The molecule has 0 unspecified atom stereocenters. The van der Waals surface area contributed by atoms with Gasteiger partial charge in [-0.2, -0.15) is 0 Å². The van der Waals surface area contributed by atoms with Crippen molar-refractivity contribution in [3.05, 3.63) is 22.4 Å². The second-order valence-electron chi connectivity index (χ2n) is 6.66. The molecule has 3 N–H and O–H groups in total. The smallest absolute Gasteiger partial charge is 0.225 e. The molecule has 1 spiro atoms. The van der Waals surface area contributed by atoms with Crippen LogP contribution in [-0.2, 0) is 16.0 Å². The van der Waals surface area contributed by atoms with Gasteiger partial charge in [-0.25, -0.2) is 0 Å². The van der Waals surface area contributed by atoms with Crippen LogP contribution >= 0.6 is 23.7 Å². The van der Waals surface area contributed by atoms with Crippen LogP contribution in [0.15, 0.2) is 17.5 Å². The van der Waals surface area contributed by atoms with E-state index < -0.39 is 11.6 Å². The molecule has 1 aromatic rings. The molecule has 1 aromatic heterocycles. The molecule has 130 valence electrons. The van der Waals surface area contributed by atoms with Gasteiger partial charge in [0, 0.05) is 11.3 Å². The van der Waals surface area contributed by atoms with Gasteiger partial charge in [-0.05, 0) is 44.3 Å². The highest BCUT2D eigenvalue weighted by atomic mass is 35.5. The fourth-order valence-electron chi connectivity index (χ4n) is 3.54. The Hall–Kier alpha value is -0.660. The van der Waals surface area contributed by atoms with Gasteiger partial charge in [0.2, 0.25) is 5.91 Å². The van der Waals surface area contributed by atoms with Crippen LogP contribution in [0.1, 0.15) is 31.1 Å². The first-order valence-corrected chi connectivity index (χ1v) is 8.76. The lowest BCUT2D eigenvalue weighted by Gasteiger charge is -2.50. The van der Waals surface area contributed by atoms with Gasteiger partial charge in [0.05, 0.1) is 24.2 Å². The number of piperidine rings is 1. The lowest BCUT2D eigenvalue weighted by atomic mass is 9.75. The minimum atomic E-state index is -0.666. The van der Waals surface area contributed by atoms with Crippen molar-refractivity contribution in [2.45, 2.75) is 49.9 Å². The summed E-state index contributed by atoms with van der Waals surface area (Å²) < 4.78 is 5.96. The van der Waals surface area contributed by atoms with Gasteiger partial charge in [-0.1, -0.05) is 6.07 Å². The molecule has 0 bridgehead atoms. The second kappa shape index (κ2) is 7.49. The Kier molecular flexibility index (Phi) is 6.08. The fourth-order valence-corrected chi connectivity index (χ4v) is 4.25. The van der Waals surface area contributed by atoms with E-state index in [-0.39, 0.29) is 30.5 Å². The monoisotopic (exact) mass is 360 g/mol. The zero-order chi connectivity index (χ0) is 15.6. The molecule has 3 rings (SSSR count). The Morgan fingerprint density at radius 1 is 1.52 bits per heavy atom. The Morgan fingerprint density at radius 2 is 2.26 bits per heavy atom. The van der Waals surface area contributed by atoms with E-state index in [4.69, 9.17) is 4.74 Å². The zero-order valence-electron chi connectivity index (χ0n) is 13.3. The Morgan fingerprint density at radius 3 is 2.91 bits per heavy atom. The first-order valence-electron chi connectivity index (χ1n) is 7.88. The second-order valence-corrected chi connectivity index (χ2v) is 7.69. The Bertz CT molecular complexity index is 519. The fraction of sp³-hybridized carbons (Fsp3) is 0.688. The molecule has 2 aliphatic rings. The molecule has 2 aliphatic heterocycles. The topological polar surface area (TPSA) is 70.6 Å².